The van der Waals surface area contributed by atoms with E-state index < -0.39 is 10.0 Å². The Morgan fingerprint density at radius 2 is 1.88 bits per heavy atom. The third-order valence-electron chi connectivity index (χ3n) is 4.42. The lowest BCUT2D eigenvalue weighted by atomic mass is 10.1. The molecule has 2 aromatic rings. The van der Waals surface area contributed by atoms with Crippen molar-refractivity contribution in [1.29, 1.82) is 0 Å². The van der Waals surface area contributed by atoms with Crippen LogP contribution in [0, 0.1) is 6.92 Å². The summed E-state index contributed by atoms with van der Waals surface area (Å²) in [6.45, 7) is 5.84. The van der Waals surface area contributed by atoms with Crippen molar-refractivity contribution < 1.29 is 13.2 Å². The largest absolute Gasteiger partial charge is 0.336 e. The number of primary sulfonamides is 1. The number of benzene rings is 1. The first kappa shape index (κ1) is 18.1. The molecule has 0 saturated carbocycles. The van der Waals surface area contributed by atoms with Gasteiger partial charge in [0.25, 0.3) is 5.91 Å². The second-order valence-corrected chi connectivity index (χ2v) is 8.89. The highest BCUT2D eigenvalue weighted by atomic mass is 32.2. The summed E-state index contributed by atoms with van der Waals surface area (Å²) in [7, 11) is -3.75. The zero-order chi connectivity index (χ0) is 18.0. The van der Waals surface area contributed by atoms with E-state index >= 15 is 0 Å². The molecule has 1 amide bonds. The fourth-order valence-corrected chi connectivity index (χ4v) is 4.48. The van der Waals surface area contributed by atoms with Gasteiger partial charge in [-0.2, -0.15) is 0 Å². The van der Waals surface area contributed by atoms with Gasteiger partial charge in [-0.3, -0.25) is 9.69 Å². The van der Waals surface area contributed by atoms with Crippen LogP contribution in [0.3, 0.4) is 0 Å². The van der Waals surface area contributed by atoms with Gasteiger partial charge in [0.1, 0.15) is 4.21 Å². The van der Waals surface area contributed by atoms with E-state index in [-0.39, 0.29) is 10.1 Å². The van der Waals surface area contributed by atoms with E-state index in [0.29, 0.717) is 18.7 Å². The molecule has 134 valence electrons. The standard InChI is InChI=1S/C17H21N3O3S2/c1-13-4-2-3-5-14(13)11-19-6-8-20(9-7-19)17(21)15-10-16(24-12-15)25(18,22)23/h2-5,10,12H,6-9,11H2,1H3,(H2,18,22,23). The summed E-state index contributed by atoms with van der Waals surface area (Å²) in [5, 5.41) is 6.66. The van der Waals surface area contributed by atoms with Crippen LogP contribution in [0.2, 0.25) is 0 Å². The molecule has 1 aliphatic heterocycles. The first-order chi connectivity index (χ1) is 11.8. The van der Waals surface area contributed by atoms with Gasteiger partial charge < -0.3 is 4.90 Å². The number of nitrogens with zero attached hydrogens (tertiary/aromatic N) is 2. The third-order valence-corrected chi connectivity index (χ3v) is 6.80. The van der Waals surface area contributed by atoms with Crippen molar-refractivity contribution in [2.24, 2.45) is 5.14 Å². The van der Waals surface area contributed by atoms with Crippen LogP contribution >= 0.6 is 11.3 Å². The zero-order valence-electron chi connectivity index (χ0n) is 14.0. The second kappa shape index (κ2) is 7.25. The Morgan fingerprint density at radius 1 is 1.20 bits per heavy atom. The molecule has 1 aromatic heterocycles. The molecular weight excluding hydrogens is 358 g/mol. The van der Waals surface area contributed by atoms with E-state index in [1.807, 2.05) is 12.1 Å². The number of aryl methyl sites for hydroxylation is 1. The van der Waals surface area contributed by atoms with Gasteiger partial charge in [0.15, 0.2) is 0 Å². The lowest BCUT2D eigenvalue weighted by molar-refractivity contribution is 0.0628. The van der Waals surface area contributed by atoms with E-state index in [2.05, 4.69) is 24.0 Å². The minimum Gasteiger partial charge on any atom is -0.336 e. The van der Waals surface area contributed by atoms with Crippen molar-refractivity contribution in [3.8, 4) is 0 Å². The average molecular weight is 380 g/mol. The number of hydrogen-bond acceptors (Lipinski definition) is 5. The third kappa shape index (κ3) is 4.27. The summed E-state index contributed by atoms with van der Waals surface area (Å²) in [5.41, 5.74) is 2.97. The van der Waals surface area contributed by atoms with Crippen LogP contribution in [0.4, 0.5) is 0 Å². The molecule has 2 heterocycles. The first-order valence-electron chi connectivity index (χ1n) is 8.02. The van der Waals surface area contributed by atoms with Crippen LogP contribution in [0.25, 0.3) is 0 Å². The Morgan fingerprint density at radius 3 is 2.48 bits per heavy atom. The molecule has 1 fully saturated rings. The molecule has 1 saturated heterocycles. The molecule has 1 aromatic carbocycles. The Labute approximate surface area is 151 Å². The van der Waals surface area contributed by atoms with Gasteiger partial charge in [-0.05, 0) is 24.1 Å². The number of carbonyl (C=O) groups is 1. The molecule has 3 rings (SSSR count). The van der Waals surface area contributed by atoms with Crippen molar-refractivity contribution in [3.05, 3.63) is 52.4 Å². The van der Waals surface area contributed by atoms with Crippen LogP contribution in [0.5, 0.6) is 0 Å². The molecule has 25 heavy (non-hydrogen) atoms. The number of carbonyl (C=O) groups excluding carboxylic acids is 1. The van der Waals surface area contributed by atoms with Crippen molar-refractivity contribution in [2.45, 2.75) is 17.7 Å². The van der Waals surface area contributed by atoms with Crippen molar-refractivity contribution in [2.75, 3.05) is 26.2 Å². The Hall–Kier alpha value is -1.74. The van der Waals surface area contributed by atoms with Crippen molar-refractivity contribution in [1.82, 2.24) is 9.80 Å². The van der Waals surface area contributed by atoms with Crippen molar-refractivity contribution in [3.63, 3.8) is 0 Å². The number of hydrogen-bond donors (Lipinski definition) is 1. The molecule has 2 N–H and O–H groups in total. The van der Waals surface area contributed by atoms with Gasteiger partial charge in [-0.1, -0.05) is 24.3 Å². The van der Waals surface area contributed by atoms with Crippen LogP contribution in [-0.4, -0.2) is 50.3 Å². The fourth-order valence-electron chi connectivity index (χ4n) is 2.90. The van der Waals surface area contributed by atoms with E-state index in [0.717, 1.165) is 31.0 Å². The zero-order valence-corrected chi connectivity index (χ0v) is 15.6. The predicted molar refractivity (Wildman–Crippen MR) is 98.1 cm³/mol. The minimum atomic E-state index is -3.75. The van der Waals surface area contributed by atoms with Gasteiger partial charge >= 0.3 is 0 Å². The van der Waals surface area contributed by atoms with Gasteiger partial charge in [-0.15, -0.1) is 11.3 Å². The molecule has 1 aliphatic rings. The minimum absolute atomic E-state index is 0.0223. The molecule has 0 aliphatic carbocycles. The summed E-state index contributed by atoms with van der Waals surface area (Å²) >= 11 is 0.982. The molecule has 0 unspecified atom stereocenters. The molecule has 6 nitrogen and oxygen atoms in total. The number of thiophene rings is 1. The van der Waals surface area contributed by atoms with Gasteiger partial charge in [-0.25, -0.2) is 13.6 Å². The smallest absolute Gasteiger partial charge is 0.254 e. The van der Waals surface area contributed by atoms with Crippen LogP contribution in [0.1, 0.15) is 21.5 Å². The number of rotatable bonds is 4. The monoisotopic (exact) mass is 379 g/mol. The summed E-state index contributed by atoms with van der Waals surface area (Å²) in [6, 6.07) is 9.68. The van der Waals surface area contributed by atoms with E-state index in [1.165, 1.54) is 17.2 Å². The predicted octanol–water partition coefficient (Wildman–Crippen LogP) is 1.66. The van der Waals surface area contributed by atoms with Gasteiger partial charge in [0, 0.05) is 38.1 Å². The molecule has 0 spiro atoms. The Kier molecular flexibility index (Phi) is 5.24. The number of sulfonamides is 1. The maximum atomic E-state index is 12.5. The number of piperazine rings is 1. The Balaban J connectivity index is 1.59. The van der Waals surface area contributed by atoms with E-state index in [9.17, 15) is 13.2 Å². The molecular formula is C17H21N3O3S2. The second-order valence-electron chi connectivity index (χ2n) is 6.19. The number of amides is 1. The van der Waals surface area contributed by atoms with E-state index in [1.54, 1.807) is 10.3 Å². The first-order valence-corrected chi connectivity index (χ1v) is 10.4. The van der Waals surface area contributed by atoms with Gasteiger partial charge in [0.05, 0.1) is 5.56 Å². The van der Waals surface area contributed by atoms with Gasteiger partial charge in [0.2, 0.25) is 10.0 Å². The van der Waals surface area contributed by atoms with E-state index in [4.69, 9.17) is 5.14 Å². The molecule has 0 radical (unpaired) electrons. The maximum absolute atomic E-state index is 12.5. The lowest BCUT2D eigenvalue weighted by Gasteiger charge is -2.34. The number of nitrogens with two attached hydrogens (primary N) is 1. The maximum Gasteiger partial charge on any atom is 0.254 e. The Bertz CT molecular complexity index is 869. The summed E-state index contributed by atoms with van der Waals surface area (Å²) in [6.07, 6.45) is 0. The highest BCUT2D eigenvalue weighted by molar-refractivity contribution is 7.91. The SMILES string of the molecule is Cc1ccccc1CN1CCN(C(=O)c2csc(S(N)(=O)=O)c2)CC1. The molecule has 8 heteroatoms. The summed E-state index contributed by atoms with van der Waals surface area (Å²) in [5.74, 6) is -0.137. The molecule has 0 bridgehead atoms. The topological polar surface area (TPSA) is 83.7 Å². The quantitative estimate of drug-likeness (QED) is 0.876. The van der Waals surface area contributed by atoms with Crippen molar-refractivity contribution >= 4 is 27.3 Å². The van der Waals surface area contributed by atoms with Crippen LogP contribution in [0.15, 0.2) is 39.9 Å². The highest BCUT2D eigenvalue weighted by Gasteiger charge is 2.24. The van der Waals surface area contributed by atoms with Crippen LogP contribution < -0.4 is 5.14 Å². The average Bonchev–Trinajstić information content (AvgIpc) is 3.07. The summed E-state index contributed by atoms with van der Waals surface area (Å²) in [4.78, 5) is 16.6. The summed E-state index contributed by atoms with van der Waals surface area (Å²) < 4.78 is 22.7. The normalized spacial score (nSPS) is 16.2. The highest BCUT2D eigenvalue weighted by Crippen LogP contribution is 2.21. The fraction of sp³-hybridized carbons (Fsp3) is 0.353. The molecule has 0 atom stereocenters. The lowest BCUT2D eigenvalue weighted by Crippen LogP contribution is -2.48. The van der Waals surface area contributed by atoms with Crippen LogP contribution in [-0.2, 0) is 16.6 Å².